The summed E-state index contributed by atoms with van der Waals surface area (Å²) in [5.74, 6) is 0. The van der Waals surface area contributed by atoms with Crippen molar-refractivity contribution in [2.75, 3.05) is 5.32 Å². The predicted octanol–water partition coefficient (Wildman–Crippen LogP) is 4.75. The summed E-state index contributed by atoms with van der Waals surface area (Å²) in [6.07, 6.45) is 1.49. The van der Waals surface area contributed by atoms with Crippen molar-refractivity contribution >= 4 is 11.4 Å². The zero-order chi connectivity index (χ0) is 15.5. The van der Waals surface area contributed by atoms with Crippen LogP contribution in [0.2, 0.25) is 0 Å². The van der Waals surface area contributed by atoms with Gasteiger partial charge in [0.25, 0.3) is 5.69 Å². The van der Waals surface area contributed by atoms with Crippen LogP contribution in [-0.2, 0) is 6.18 Å². The summed E-state index contributed by atoms with van der Waals surface area (Å²) in [6.45, 7) is 0. The fourth-order valence-electron chi connectivity index (χ4n) is 2.67. The van der Waals surface area contributed by atoms with Crippen LogP contribution in [0.5, 0.6) is 0 Å². The molecule has 0 saturated heterocycles. The van der Waals surface area contributed by atoms with E-state index in [-0.39, 0.29) is 6.04 Å². The van der Waals surface area contributed by atoms with E-state index in [0.717, 1.165) is 50.7 Å². The molecule has 7 heteroatoms. The Bertz CT molecular complexity index is 509. The van der Waals surface area contributed by atoms with Crippen molar-refractivity contribution in [2.45, 2.75) is 50.7 Å². The molecule has 1 N–H and O–H groups in total. The number of benzene rings is 1. The molecule has 1 aromatic carbocycles. The first-order valence-electron chi connectivity index (χ1n) is 7.00. The van der Waals surface area contributed by atoms with Gasteiger partial charge in [-0.05, 0) is 25.0 Å². The van der Waals surface area contributed by atoms with Crippen LogP contribution in [0.3, 0.4) is 0 Å². The molecule has 0 amide bonds. The van der Waals surface area contributed by atoms with Crippen LogP contribution < -0.4 is 5.32 Å². The zero-order valence-corrected chi connectivity index (χ0v) is 11.4. The normalized spacial score (nSPS) is 17.3. The molecule has 0 radical (unpaired) electrons. The summed E-state index contributed by atoms with van der Waals surface area (Å²) in [5, 5.41) is 13.8. The largest absolute Gasteiger partial charge is 0.423 e. The van der Waals surface area contributed by atoms with E-state index in [1.165, 1.54) is 6.07 Å². The average molecular weight is 302 g/mol. The minimum absolute atomic E-state index is 0.134. The number of hydrogen-bond donors (Lipinski definition) is 1. The molecule has 0 aromatic heterocycles. The van der Waals surface area contributed by atoms with Gasteiger partial charge in [0, 0.05) is 17.8 Å². The van der Waals surface area contributed by atoms with Gasteiger partial charge in [-0.2, -0.15) is 13.2 Å². The van der Waals surface area contributed by atoms with E-state index in [2.05, 4.69) is 5.32 Å². The van der Waals surface area contributed by atoms with Gasteiger partial charge in [0.1, 0.15) is 5.56 Å². The second-order valence-corrected chi connectivity index (χ2v) is 5.32. The number of hydrogen-bond acceptors (Lipinski definition) is 3. The quantitative estimate of drug-likeness (QED) is 0.498. The minimum Gasteiger partial charge on any atom is -0.382 e. The summed E-state index contributed by atoms with van der Waals surface area (Å²) in [7, 11) is 0. The molecular formula is C14H17F3N2O2. The maximum atomic E-state index is 12.9. The lowest BCUT2D eigenvalue weighted by Gasteiger charge is -2.18. The monoisotopic (exact) mass is 302 g/mol. The van der Waals surface area contributed by atoms with Gasteiger partial charge in [-0.3, -0.25) is 10.1 Å². The van der Waals surface area contributed by atoms with Crippen molar-refractivity contribution in [3.8, 4) is 0 Å². The van der Waals surface area contributed by atoms with Crippen LogP contribution >= 0.6 is 0 Å². The molecule has 1 aromatic rings. The highest BCUT2D eigenvalue weighted by molar-refractivity contribution is 5.55. The van der Waals surface area contributed by atoms with Crippen LogP contribution in [0, 0.1) is 10.1 Å². The Morgan fingerprint density at radius 1 is 1.14 bits per heavy atom. The number of alkyl halides is 3. The number of anilines is 1. The molecule has 0 spiro atoms. The first kappa shape index (κ1) is 15.6. The van der Waals surface area contributed by atoms with E-state index < -0.39 is 22.4 Å². The highest BCUT2D eigenvalue weighted by Gasteiger charge is 2.38. The van der Waals surface area contributed by atoms with Crippen molar-refractivity contribution in [3.63, 3.8) is 0 Å². The smallest absolute Gasteiger partial charge is 0.382 e. The average Bonchev–Trinajstić information content (AvgIpc) is 2.66. The Hall–Kier alpha value is -1.79. The second kappa shape index (κ2) is 6.32. The van der Waals surface area contributed by atoms with E-state index in [1.54, 1.807) is 0 Å². The predicted molar refractivity (Wildman–Crippen MR) is 73.2 cm³/mol. The van der Waals surface area contributed by atoms with Crippen LogP contribution in [0.4, 0.5) is 24.5 Å². The molecule has 0 atom stereocenters. The molecular weight excluding hydrogens is 285 g/mol. The van der Waals surface area contributed by atoms with Crippen molar-refractivity contribution in [3.05, 3.63) is 33.9 Å². The van der Waals surface area contributed by atoms with Crippen molar-refractivity contribution in [1.82, 2.24) is 0 Å². The number of halogens is 3. The number of nitro benzene ring substituents is 1. The molecule has 1 saturated carbocycles. The van der Waals surface area contributed by atoms with E-state index in [0.29, 0.717) is 5.69 Å². The van der Waals surface area contributed by atoms with Crippen molar-refractivity contribution in [2.24, 2.45) is 0 Å². The lowest BCUT2D eigenvalue weighted by atomic mass is 10.1. The molecule has 21 heavy (non-hydrogen) atoms. The van der Waals surface area contributed by atoms with E-state index >= 15 is 0 Å². The molecule has 2 rings (SSSR count). The molecule has 1 aliphatic rings. The fourth-order valence-corrected chi connectivity index (χ4v) is 2.67. The third-order valence-electron chi connectivity index (χ3n) is 3.72. The number of nitrogens with one attached hydrogen (secondary N) is 1. The third kappa shape index (κ3) is 4.09. The number of nitrogens with zero attached hydrogens (tertiary/aromatic N) is 1. The van der Waals surface area contributed by atoms with Crippen LogP contribution in [0.1, 0.15) is 44.1 Å². The van der Waals surface area contributed by atoms with Gasteiger partial charge < -0.3 is 5.32 Å². The summed E-state index contributed by atoms with van der Waals surface area (Å²) in [6, 6.07) is 3.23. The van der Waals surface area contributed by atoms with Crippen molar-refractivity contribution in [1.29, 1.82) is 0 Å². The molecule has 0 unspecified atom stereocenters. The zero-order valence-electron chi connectivity index (χ0n) is 11.4. The van der Waals surface area contributed by atoms with Gasteiger partial charge in [0.15, 0.2) is 0 Å². The van der Waals surface area contributed by atoms with Gasteiger partial charge in [0.05, 0.1) is 4.92 Å². The third-order valence-corrected chi connectivity index (χ3v) is 3.72. The Kier molecular flexibility index (Phi) is 4.69. The summed E-state index contributed by atoms with van der Waals surface area (Å²) < 4.78 is 38.7. The highest BCUT2D eigenvalue weighted by Crippen LogP contribution is 2.38. The molecule has 0 heterocycles. The SMILES string of the molecule is O=[N+]([O-])c1ccc(NC2CCCCCC2)cc1C(F)(F)F. The Labute approximate surface area is 120 Å². The molecule has 1 aliphatic carbocycles. The lowest BCUT2D eigenvalue weighted by Crippen LogP contribution is -2.19. The topological polar surface area (TPSA) is 55.2 Å². The minimum atomic E-state index is -4.73. The standard InChI is InChI=1S/C14H17F3N2O2/c15-14(16,17)12-9-11(7-8-13(12)19(20)21)18-10-5-3-1-2-4-6-10/h7-10,18H,1-6H2. The van der Waals surface area contributed by atoms with Crippen LogP contribution in [0.15, 0.2) is 18.2 Å². The molecule has 1 fully saturated rings. The first-order chi connectivity index (χ1) is 9.88. The van der Waals surface area contributed by atoms with E-state index in [1.807, 2.05) is 0 Å². The Balaban J connectivity index is 2.22. The maximum absolute atomic E-state index is 12.9. The molecule has 0 bridgehead atoms. The van der Waals surface area contributed by atoms with E-state index in [9.17, 15) is 23.3 Å². The van der Waals surface area contributed by atoms with Gasteiger partial charge in [-0.1, -0.05) is 25.7 Å². The summed E-state index contributed by atoms with van der Waals surface area (Å²) in [4.78, 5) is 9.70. The van der Waals surface area contributed by atoms with E-state index in [4.69, 9.17) is 0 Å². The number of rotatable bonds is 3. The number of nitro groups is 1. The molecule has 116 valence electrons. The maximum Gasteiger partial charge on any atom is 0.423 e. The lowest BCUT2D eigenvalue weighted by molar-refractivity contribution is -0.388. The highest BCUT2D eigenvalue weighted by atomic mass is 19.4. The first-order valence-corrected chi connectivity index (χ1v) is 7.00. The van der Waals surface area contributed by atoms with Gasteiger partial charge in [0.2, 0.25) is 0 Å². The van der Waals surface area contributed by atoms with Gasteiger partial charge in [-0.15, -0.1) is 0 Å². The Morgan fingerprint density at radius 2 is 1.76 bits per heavy atom. The van der Waals surface area contributed by atoms with Crippen LogP contribution in [0.25, 0.3) is 0 Å². The summed E-state index contributed by atoms with van der Waals surface area (Å²) in [5.41, 5.74) is -1.82. The van der Waals surface area contributed by atoms with Gasteiger partial charge >= 0.3 is 6.18 Å². The van der Waals surface area contributed by atoms with Crippen LogP contribution in [-0.4, -0.2) is 11.0 Å². The summed E-state index contributed by atoms with van der Waals surface area (Å²) >= 11 is 0. The molecule has 4 nitrogen and oxygen atoms in total. The molecule has 0 aliphatic heterocycles. The second-order valence-electron chi connectivity index (χ2n) is 5.32. The Morgan fingerprint density at radius 3 is 2.29 bits per heavy atom. The fraction of sp³-hybridized carbons (Fsp3) is 0.571. The van der Waals surface area contributed by atoms with Crippen molar-refractivity contribution < 1.29 is 18.1 Å². The van der Waals surface area contributed by atoms with Gasteiger partial charge in [-0.25, -0.2) is 0 Å².